The number of aryl methyl sites for hydroxylation is 1. The van der Waals surface area contributed by atoms with Crippen molar-refractivity contribution in [2.45, 2.75) is 31.6 Å². The normalized spacial score (nSPS) is 21.4. The second kappa shape index (κ2) is 9.08. The van der Waals surface area contributed by atoms with Crippen LogP contribution in [0.1, 0.15) is 29.5 Å². The maximum atomic E-state index is 14.1. The molecule has 2 aliphatic heterocycles. The Kier molecular flexibility index (Phi) is 6.03. The molecule has 5 rings (SSSR count). The monoisotopic (exact) mass is 433 g/mol. The Labute approximate surface area is 189 Å². The molecule has 0 spiro atoms. The summed E-state index contributed by atoms with van der Waals surface area (Å²) < 4.78 is 17.2. The van der Waals surface area contributed by atoms with Gasteiger partial charge < -0.3 is 18.8 Å². The number of ether oxygens (including phenoxy) is 2. The number of amides is 1. The van der Waals surface area contributed by atoms with Gasteiger partial charge in [-0.1, -0.05) is 42.0 Å². The third-order valence-corrected chi connectivity index (χ3v) is 7.00. The zero-order valence-corrected chi connectivity index (χ0v) is 18.7. The molecule has 3 heterocycles. The summed E-state index contributed by atoms with van der Waals surface area (Å²) in [5.41, 5.74) is 3.93. The molecular weight excluding hydrogens is 402 g/mol. The predicted molar refractivity (Wildman–Crippen MR) is 124 cm³/mol. The zero-order chi connectivity index (χ0) is 22.0. The topological polar surface area (TPSA) is 51.9 Å². The summed E-state index contributed by atoms with van der Waals surface area (Å²) >= 11 is 0. The molecule has 1 atom stereocenters. The van der Waals surface area contributed by atoms with E-state index in [9.17, 15) is 4.79 Å². The van der Waals surface area contributed by atoms with E-state index in [0.29, 0.717) is 39.5 Å². The molecule has 2 aliphatic rings. The van der Waals surface area contributed by atoms with Crippen molar-refractivity contribution in [2.75, 3.05) is 39.5 Å². The molecule has 2 fully saturated rings. The summed E-state index contributed by atoms with van der Waals surface area (Å²) in [6.07, 6.45) is 4.04. The number of furan rings is 1. The van der Waals surface area contributed by atoms with E-state index in [0.717, 1.165) is 35.8 Å². The van der Waals surface area contributed by atoms with Gasteiger partial charge >= 0.3 is 0 Å². The van der Waals surface area contributed by atoms with Crippen LogP contribution in [0.25, 0.3) is 11.0 Å². The quantitative estimate of drug-likeness (QED) is 0.608. The van der Waals surface area contributed by atoms with E-state index in [1.54, 1.807) is 6.26 Å². The molecule has 168 valence electrons. The first-order valence-corrected chi connectivity index (χ1v) is 11.6. The van der Waals surface area contributed by atoms with E-state index in [1.165, 1.54) is 11.1 Å². The minimum Gasteiger partial charge on any atom is -0.464 e. The lowest BCUT2D eigenvalue weighted by Gasteiger charge is -2.40. The molecule has 0 N–H and O–H groups in total. The van der Waals surface area contributed by atoms with Crippen molar-refractivity contribution in [3.05, 3.63) is 71.5 Å². The number of rotatable bonds is 4. The van der Waals surface area contributed by atoms with Crippen LogP contribution in [-0.2, 0) is 26.1 Å². The summed E-state index contributed by atoms with van der Waals surface area (Å²) in [5, 5.41) is 1.11. The number of carbonyl (C=O) groups is 1. The van der Waals surface area contributed by atoms with Crippen molar-refractivity contribution in [2.24, 2.45) is 5.92 Å². The molecule has 0 radical (unpaired) electrons. The van der Waals surface area contributed by atoms with E-state index in [4.69, 9.17) is 13.9 Å². The smallest absolute Gasteiger partial charge is 0.233 e. The third-order valence-electron chi connectivity index (χ3n) is 7.00. The lowest BCUT2D eigenvalue weighted by molar-refractivity contribution is -0.141. The lowest BCUT2D eigenvalue weighted by Crippen LogP contribution is -2.51. The van der Waals surface area contributed by atoms with Crippen molar-refractivity contribution in [3.8, 4) is 0 Å². The van der Waals surface area contributed by atoms with Crippen LogP contribution in [0.2, 0.25) is 0 Å². The Morgan fingerprint density at radius 2 is 1.94 bits per heavy atom. The number of fused-ring (bicyclic) bond motifs is 1. The summed E-state index contributed by atoms with van der Waals surface area (Å²) in [4.78, 5) is 16.1. The van der Waals surface area contributed by atoms with Crippen LogP contribution in [-0.4, -0.2) is 50.3 Å². The van der Waals surface area contributed by atoms with Gasteiger partial charge in [-0.05, 0) is 49.4 Å². The Bertz CT molecular complexity index is 1080. The Balaban J connectivity index is 1.38. The SMILES string of the molecule is Cc1cccc(C2(C(=O)N3CCOCC(Cc4ccc5ccoc5c4)C3)CCOCC2)c1. The van der Waals surface area contributed by atoms with Crippen molar-refractivity contribution in [1.82, 2.24) is 4.90 Å². The van der Waals surface area contributed by atoms with Crippen LogP contribution in [0.15, 0.2) is 59.2 Å². The van der Waals surface area contributed by atoms with Crippen LogP contribution >= 0.6 is 0 Å². The molecule has 2 aromatic carbocycles. The highest BCUT2D eigenvalue weighted by atomic mass is 16.5. The highest BCUT2D eigenvalue weighted by Crippen LogP contribution is 2.38. The summed E-state index contributed by atoms with van der Waals surface area (Å²) in [6.45, 7) is 5.94. The van der Waals surface area contributed by atoms with Crippen molar-refractivity contribution in [3.63, 3.8) is 0 Å². The van der Waals surface area contributed by atoms with Crippen molar-refractivity contribution < 1.29 is 18.7 Å². The molecule has 1 amide bonds. The minimum atomic E-state index is -0.508. The first kappa shape index (κ1) is 21.2. The van der Waals surface area contributed by atoms with E-state index < -0.39 is 5.41 Å². The molecule has 2 saturated heterocycles. The van der Waals surface area contributed by atoms with Crippen molar-refractivity contribution >= 4 is 16.9 Å². The highest BCUT2D eigenvalue weighted by molar-refractivity contribution is 5.88. The molecule has 3 aromatic rings. The second-order valence-electron chi connectivity index (χ2n) is 9.25. The van der Waals surface area contributed by atoms with E-state index in [2.05, 4.69) is 54.3 Å². The number of nitrogens with zero attached hydrogens (tertiary/aromatic N) is 1. The fraction of sp³-hybridized carbons (Fsp3) is 0.444. The average molecular weight is 434 g/mol. The van der Waals surface area contributed by atoms with Gasteiger partial charge in [-0.3, -0.25) is 4.79 Å². The first-order valence-electron chi connectivity index (χ1n) is 11.6. The van der Waals surface area contributed by atoms with Gasteiger partial charge in [-0.15, -0.1) is 0 Å². The van der Waals surface area contributed by atoms with Crippen LogP contribution < -0.4 is 0 Å². The number of carbonyl (C=O) groups excluding carboxylic acids is 1. The molecule has 32 heavy (non-hydrogen) atoms. The maximum absolute atomic E-state index is 14.1. The molecule has 0 saturated carbocycles. The molecule has 5 heteroatoms. The van der Waals surface area contributed by atoms with Crippen LogP contribution in [0.4, 0.5) is 0 Å². The Morgan fingerprint density at radius 1 is 1.06 bits per heavy atom. The predicted octanol–water partition coefficient (Wildman–Crippen LogP) is 4.51. The average Bonchev–Trinajstić information content (AvgIpc) is 3.16. The van der Waals surface area contributed by atoms with Crippen LogP contribution in [0, 0.1) is 12.8 Å². The van der Waals surface area contributed by atoms with E-state index in [1.807, 2.05) is 6.07 Å². The summed E-state index contributed by atoms with van der Waals surface area (Å²) in [7, 11) is 0. The molecule has 5 nitrogen and oxygen atoms in total. The molecule has 0 aliphatic carbocycles. The van der Waals surface area contributed by atoms with Gasteiger partial charge in [0.1, 0.15) is 5.58 Å². The minimum absolute atomic E-state index is 0.225. The number of hydrogen-bond acceptors (Lipinski definition) is 4. The Hall–Kier alpha value is -2.63. The van der Waals surface area contributed by atoms with Crippen LogP contribution in [0.5, 0.6) is 0 Å². The van der Waals surface area contributed by atoms with Gasteiger partial charge in [-0.2, -0.15) is 0 Å². The fourth-order valence-corrected chi connectivity index (χ4v) is 5.24. The third kappa shape index (κ3) is 4.19. The van der Waals surface area contributed by atoms with Gasteiger partial charge in [0.15, 0.2) is 0 Å². The zero-order valence-electron chi connectivity index (χ0n) is 18.7. The maximum Gasteiger partial charge on any atom is 0.233 e. The van der Waals surface area contributed by atoms with Gasteiger partial charge in [0.05, 0.1) is 24.9 Å². The van der Waals surface area contributed by atoms with Gasteiger partial charge in [-0.25, -0.2) is 0 Å². The molecular formula is C27H31NO4. The van der Waals surface area contributed by atoms with E-state index in [-0.39, 0.29) is 11.8 Å². The lowest BCUT2D eigenvalue weighted by atomic mass is 9.72. The summed E-state index contributed by atoms with van der Waals surface area (Å²) in [5.74, 6) is 0.478. The fourth-order valence-electron chi connectivity index (χ4n) is 5.24. The largest absolute Gasteiger partial charge is 0.464 e. The summed E-state index contributed by atoms with van der Waals surface area (Å²) in [6, 6.07) is 16.8. The molecule has 1 unspecified atom stereocenters. The molecule has 0 bridgehead atoms. The van der Waals surface area contributed by atoms with E-state index >= 15 is 0 Å². The second-order valence-corrected chi connectivity index (χ2v) is 9.25. The molecule has 1 aromatic heterocycles. The highest BCUT2D eigenvalue weighted by Gasteiger charge is 2.44. The number of benzene rings is 2. The van der Waals surface area contributed by atoms with Gasteiger partial charge in [0.2, 0.25) is 5.91 Å². The van der Waals surface area contributed by atoms with Crippen LogP contribution in [0.3, 0.4) is 0 Å². The van der Waals surface area contributed by atoms with Gasteiger partial charge in [0.25, 0.3) is 0 Å². The van der Waals surface area contributed by atoms with Gasteiger partial charge in [0, 0.05) is 37.6 Å². The number of hydrogen-bond donors (Lipinski definition) is 0. The Morgan fingerprint density at radius 3 is 2.78 bits per heavy atom. The first-order chi connectivity index (χ1) is 15.6. The standard InChI is InChI=1S/C27H31NO4/c1-20-3-2-4-24(15-20)27(8-12-30-13-9-27)26(29)28-10-14-31-19-22(18-28)16-21-5-6-23-7-11-32-25(23)17-21/h2-7,11,15,17,22H,8-10,12-14,16,18-19H2,1H3. The van der Waals surface area contributed by atoms with Crippen molar-refractivity contribution in [1.29, 1.82) is 0 Å².